The topological polar surface area (TPSA) is 42.5 Å². The van der Waals surface area contributed by atoms with Crippen molar-refractivity contribution in [2.24, 2.45) is 0 Å². The van der Waals surface area contributed by atoms with Crippen molar-refractivity contribution in [3.05, 3.63) is 48.5 Å². The number of hydrogen-bond donors (Lipinski definition) is 2. The Hall–Kier alpha value is -2.36. The fourth-order valence-corrected chi connectivity index (χ4v) is 2.76. The summed E-state index contributed by atoms with van der Waals surface area (Å²) in [6.45, 7) is 4.69. The zero-order valence-electron chi connectivity index (χ0n) is 16.1. The lowest BCUT2D eigenvalue weighted by molar-refractivity contribution is 0.304. The minimum absolute atomic E-state index is 0.805. The van der Waals surface area contributed by atoms with E-state index < -0.39 is 0 Å². The standard InChI is InChI=1S/C22H32N2O2/c1-3-4-5-6-9-18-26-20-14-12-19(13-15-20)23-16-17-24-21-10-7-8-11-22(21)25-2/h7-8,10-15,23-24H,3-6,9,16-18H2,1-2H3. The Morgan fingerprint density at radius 3 is 2.31 bits per heavy atom. The van der Waals surface area contributed by atoms with E-state index in [0.29, 0.717) is 0 Å². The molecule has 0 aliphatic carbocycles. The van der Waals surface area contributed by atoms with E-state index in [1.165, 1.54) is 25.7 Å². The third kappa shape index (κ3) is 7.26. The third-order valence-corrected chi connectivity index (χ3v) is 4.25. The zero-order valence-corrected chi connectivity index (χ0v) is 16.1. The molecule has 0 aliphatic rings. The molecule has 0 heterocycles. The van der Waals surface area contributed by atoms with Gasteiger partial charge in [0.25, 0.3) is 0 Å². The monoisotopic (exact) mass is 356 g/mol. The van der Waals surface area contributed by atoms with Crippen LogP contribution < -0.4 is 20.1 Å². The summed E-state index contributed by atoms with van der Waals surface area (Å²) >= 11 is 0. The smallest absolute Gasteiger partial charge is 0.141 e. The summed E-state index contributed by atoms with van der Waals surface area (Å²) < 4.78 is 11.1. The van der Waals surface area contributed by atoms with E-state index >= 15 is 0 Å². The first-order valence-corrected chi connectivity index (χ1v) is 9.67. The molecule has 2 N–H and O–H groups in total. The number of ether oxygens (including phenoxy) is 2. The summed E-state index contributed by atoms with van der Waals surface area (Å²) in [5.41, 5.74) is 2.11. The van der Waals surface area contributed by atoms with Gasteiger partial charge in [-0.2, -0.15) is 0 Å². The Kier molecular flexibility index (Phi) is 9.26. The lowest BCUT2D eigenvalue weighted by atomic mass is 10.2. The van der Waals surface area contributed by atoms with Crippen LogP contribution in [-0.2, 0) is 0 Å². The second kappa shape index (κ2) is 12.1. The number of anilines is 2. The molecule has 2 aromatic carbocycles. The molecule has 4 heteroatoms. The molecule has 0 spiro atoms. The minimum atomic E-state index is 0.805. The van der Waals surface area contributed by atoms with Crippen LogP contribution in [0.3, 0.4) is 0 Å². The summed E-state index contributed by atoms with van der Waals surface area (Å²) in [6.07, 6.45) is 6.31. The van der Waals surface area contributed by atoms with Gasteiger partial charge in [-0.1, -0.05) is 44.7 Å². The molecule has 2 rings (SSSR count). The summed E-state index contributed by atoms with van der Waals surface area (Å²) in [5, 5.41) is 6.79. The Labute approximate surface area is 157 Å². The number of nitrogens with one attached hydrogen (secondary N) is 2. The van der Waals surface area contributed by atoms with Crippen molar-refractivity contribution in [2.75, 3.05) is 37.4 Å². The van der Waals surface area contributed by atoms with Gasteiger partial charge in [-0.3, -0.25) is 0 Å². The largest absolute Gasteiger partial charge is 0.495 e. The van der Waals surface area contributed by atoms with Crippen molar-refractivity contribution in [3.63, 3.8) is 0 Å². The maximum atomic E-state index is 5.80. The first-order chi connectivity index (χ1) is 12.8. The highest BCUT2D eigenvalue weighted by molar-refractivity contribution is 5.56. The highest BCUT2D eigenvalue weighted by atomic mass is 16.5. The molecule has 0 saturated heterocycles. The van der Waals surface area contributed by atoms with Gasteiger partial charge >= 0.3 is 0 Å². The van der Waals surface area contributed by atoms with Crippen LogP contribution in [0.25, 0.3) is 0 Å². The Bertz CT molecular complexity index is 614. The fraction of sp³-hybridized carbons (Fsp3) is 0.455. The van der Waals surface area contributed by atoms with Crippen LogP contribution in [0, 0.1) is 0 Å². The summed E-state index contributed by atoms with van der Waals surface area (Å²) in [7, 11) is 1.69. The lowest BCUT2D eigenvalue weighted by Gasteiger charge is -2.12. The maximum Gasteiger partial charge on any atom is 0.141 e. The van der Waals surface area contributed by atoms with Crippen LogP contribution in [0.5, 0.6) is 11.5 Å². The third-order valence-electron chi connectivity index (χ3n) is 4.25. The zero-order chi connectivity index (χ0) is 18.5. The van der Waals surface area contributed by atoms with Crippen LogP contribution in [0.4, 0.5) is 11.4 Å². The Balaban J connectivity index is 1.63. The highest BCUT2D eigenvalue weighted by Crippen LogP contribution is 2.22. The average Bonchev–Trinajstić information content (AvgIpc) is 2.69. The fourth-order valence-electron chi connectivity index (χ4n) is 2.76. The number of hydrogen-bond acceptors (Lipinski definition) is 4. The van der Waals surface area contributed by atoms with Crippen LogP contribution in [0.2, 0.25) is 0 Å². The Morgan fingerprint density at radius 1 is 0.808 bits per heavy atom. The van der Waals surface area contributed by atoms with Crippen molar-refractivity contribution in [1.82, 2.24) is 0 Å². The Morgan fingerprint density at radius 2 is 1.54 bits per heavy atom. The number of benzene rings is 2. The molecular formula is C22H32N2O2. The summed E-state index contributed by atoms with van der Waals surface area (Å²) in [5.74, 6) is 1.81. The van der Waals surface area contributed by atoms with Gasteiger partial charge in [0.15, 0.2) is 0 Å². The van der Waals surface area contributed by atoms with E-state index in [0.717, 1.165) is 49.0 Å². The first-order valence-electron chi connectivity index (χ1n) is 9.67. The molecule has 0 aromatic heterocycles. The van der Waals surface area contributed by atoms with Gasteiger partial charge in [-0.25, -0.2) is 0 Å². The summed E-state index contributed by atoms with van der Waals surface area (Å²) in [6, 6.07) is 16.1. The van der Waals surface area contributed by atoms with Gasteiger partial charge in [0.1, 0.15) is 11.5 Å². The molecule has 0 fully saturated rings. The molecule has 2 aromatic rings. The molecular weight excluding hydrogens is 324 g/mol. The normalized spacial score (nSPS) is 10.4. The van der Waals surface area contributed by atoms with E-state index in [2.05, 4.69) is 29.7 Å². The molecule has 0 bridgehead atoms. The van der Waals surface area contributed by atoms with Crippen LogP contribution in [0.1, 0.15) is 39.0 Å². The summed E-state index contributed by atoms with van der Waals surface area (Å²) in [4.78, 5) is 0. The SMILES string of the molecule is CCCCCCCOc1ccc(NCCNc2ccccc2OC)cc1. The minimum Gasteiger partial charge on any atom is -0.495 e. The lowest BCUT2D eigenvalue weighted by Crippen LogP contribution is -2.14. The molecule has 0 radical (unpaired) electrons. The van der Waals surface area contributed by atoms with E-state index in [1.54, 1.807) is 7.11 Å². The van der Waals surface area contributed by atoms with Crippen LogP contribution in [0.15, 0.2) is 48.5 Å². The second-order valence-electron chi connectivity index (χ2n) is 6.34. The molecule has 142 valence electrons. The van der Waals surface area contributed by atoms with E-state index in [1.807, 2.05) is 36.4 Å². The van der Waals surface area contributed by atoms with Crippen molar-refractivity contribution in [3.8, 4) is 11.5 Å². The molecule has 0 amide bonds. The van der Waals surface area contributed by atoms with Gasteiger partial charge in [-0.15, -0.1) is 0 Å². The predicted molar refractivity (Wildman–Crippen MR) is 111 cm³/mol. The van der Waals surface area contributed by atoms with Gasteiger partial charge in [-0.05, 0) is 42.8 Å². The molecule has 0 saturated carbocycles. The maximum absolute atomic E-state index is 5.80. The number of rotatable bonds is 13. The van der Waals surface area contributed by atoms with Crippen molar-refractivity contribution in [1.29, 1.82) is 0 Å². The molecule has 0 aliphatic heterocycles. The van der Waals surface area contributed by atoms with Gasteiger partial charge in [0, 0.05) is 18.8 Å². The number of methoxy groups -OCH3 is 1. The van der Waals surface area contributed by atoms with E-state index in [4.69, 9.17) is 9.47 Å². The van der Waals surface area contributed by atoms with Crippen LogP contribution >= 0.6 is 0 Å². The van der Waals surface area contributed by atoms with E-state index in [-0.39, 0.29) is 0 Å². The molecule has 0 atom stereocenters. The first kappa shape index (κ1) is 20.0. The quantitative estimate of drug-likeness (QED) is 0.461. The molecule has 4 nitrogen and oxygen atoms in total. The highest BCUT2D eigenvalue weighted by Gasteiger charge is 2.00. The van der Waals surface area contributed by atoms with Crippen LogP contribution in [-0.4, -0.2) is 26.8 Å². The molecule has 0 unspecified atom stereocenters. The average molecular weight is 357 g/mol. The van der Waals surface area contributed by atoms with Crippen molar-refractivity contribution < 1.29 is 9.47 Å². The van der Waals surface area contributed by atoms with Crippen molar-refractivity contribution in [2.45, 2.75) is 39.0 Å². The number of unbranched alkanes of at least 4 members (excludes halogenated alkanes) is 4. The van der Waals surface area contributed by atoms with Gasteiger partial charge in [0.05, 0.1) is 19.4 Å². The van der Waals surface area contributed by atoms with Gasteiger partial charge < -0.3 is 20.1 Å². The van der Waals surface area contributed by atoms with Crippen molar-refractivity contribution >= 4 is 11.4 Å². The van der Waals surface area contributed by atoms with E-state index in [9.17, 15) is 0 Å². The predicted octanol–water partition coefficient (Wildman–Crippen LogP) is 5.57. The molecule has 26 heavy (non-hydrogen) atoms. The van der Waals surface area contributed by atoms with Gasteiger partial charge in [0.2, 0.25) is 0 Å². The number of para-hydroxylation sites is 2. The second-order valence-corrected chi connectivity index (χ2v) is 6.34.